The number of hydrogen-bond acceptors (Lipinski definition) is 4. The second-order valence-corrected chi connectivity index (χ2v) is 5.57. The number of benzene rings is 2. The maximum atomic E-state index is 12.6. The zero-order valence-corrected chi connectivity index (χ0v) is 13.9. The fraction of sp³-hybridized carbons (Fsp3) is 0.188. The first kappa shape index (κ1) is 18.6. The van der Waals surface area contributed by atoms with Crippen LogP contribution in [0, 0.1) is 20.8 Å². The van der Waals surface area contributed by atoms with Gasteiger partial charge in [-0.15, -0.1) is 0 Å². The van der Waals surface area contributed by atoms with Gasteiger partial charge in [-0.05, 0) is 60.7 Å². The van der Waals surface area contributed by atoms with Crippen molar-refractivity contribution in [3.05, 3.63) is 64.2 Å². The number of rotatable bonds is 4. The van der Waals surface area contributed by atoms with Crippen LogP contribution in [0.3, 0.4) is 0 Å². The number of aryl methyl sites for hydroxylation is 3. The first-order valence-corrected chi connectivity index (χ1v) is 7.53. The Morgan fingerprint density at radius 1 is 1.05 bits per heavy atom. The molecule has 2 aromatic carbocycles. The van der Waals surface area contributed by atoms with E-state index in [2.05, 4.69) is 4.52 Å². The fourth-order valence-corrected chi connectivity index (χ4v) is 2.73. The molecule has 0 aliphatic heterocycles. The number of hydrogen-bond donors (Lipinski definition) is 0. The molecule has 0 heterocycles. The van der Waals surface area contributed by atoms with Gasteiger partial charge in [0.2, 0.25) is 0 Å². The molecule has 0 radical (unpaired) electrons. The summed E-state index contributed by atoms with van der Waals surface area (Å²) >= 11 is 0. The van der Waals surface area contributed by atoms with E-state index in [1.165, 1.54) is 12.1 Å². The van der Waals surface area contributed by atoms with Crippen molar-refractivity contribution in [2.75, 3.05) is 0 Å². The van der Waals surface area contributed by atoms with Gasteiger partial charge in [0.1, 0.15) is 0 Å². The average Bonchev–Trinajstić information content (AvgIpc) is 2.37. The predicted molar refractivity (Wildman–Crippen MR) is 78.8 cm³/mol. The first-order chi connectivity index (χ1) is 9.88. The van der Waals surface area contributed by atoms with Crippen LogP contribution in [-0.2, 0) is 4.57 Å². The Bertz CT molecular complexity index is 688. The van der Waals surface area contributed by atoms with Gasteiger partial charge in [-0.3, -0.25) is 9.32 Å². The van der Waals surface area contributed by atoms with Gasteiger partial charge in [0.05, 0.1) is 0 Å². The molecule has 6 heteroatoms. The summed E-state index contributed by atoms with van der Waals surface area (Å²) in [5.41, 5.74) is 4.16. The second-order valence-electron chi connectivity index (χ2n) is 4.94. The molecule has 108 valence electrons. The predicted octanol–water partition coefficient (Wildman–Crippen LogP) is 0.243. The molecular formula is C16H15LiO4P+. The van der Waals surface area contributed by atoms with Crippen LogP contribution in [0.4, 0.5) is 0 Å². The van der Waals surface area contributed by atoms with Crippen molar-refractivity contribution in [1.29, 1.82) is 0 Å². The number of ketones is 1. The van der Waals surface area contributed by atoms with Gasteiger partial charge in [-0.25, -0.2) is 0 Å². The van der Waals surface area contributed by atoms with Crippen molar-refractivity contribution in [1.82, 2.24) is 0 Å². The van der Waals surface area contributed by atoms with Gasteiger partial charge in [0.15, 0.2) is 11.5 Å². The molecule has 0 aliphatic rings. The Morgan fingerprint density at radius 2 is 1.55 bits per heavy atom. The van der Waals surface area contributed by atoms with Crippen molar-refractivity contribution in [2.24, 2.45) is 0 Å². The molecule has 0 aliphatic carbocycles. The second kappa shape index (κ2) is 7.72. The molecule has 0 amide bonds. The van der Waals surface area contributed by atoms with E-state index in [1.807, 2.05) is 32.9 Å². The standard InChI is InChI=1S/C16H15O4P.Li/c1-10-8-11(2)15(12(3)9-10)16(17)13-4-6-14(7-5-13)20-21(18)19;/h4-9H,1-3H3;/q;+1. The molecule has 4 nitrogen and oxygen atoms in total. The Balaban J connectivity index is 0.00000242. The summed E-state index contributed by atoms with van der Waals surface area (Å²) in [4.78, 5) is 23.1. The molecule has 0 saturated heterocycles. The normalized spacial score (nSPS) is 10.6. The molecule has 2 rings (SSSR count). The molecule has 0 bridgehead atoms. The van der Waals surface area contributed by atoms with Crippen LogP contribution < -0.4 is 28.3 Å². The largest absolute Gasteiger partial charge is 1.00 e. The maximum Gasteiger partial charge on any atom is 1.00 e. The Hall–Kier alpha value is -1.43. The van der Waals surface area contributed by atoms with Gasteiger partial charge < -0.3 is 4.89 Å². The van der Waals surface area contributed by atoms with Crippen LogP contribution in [0.5, 0.6) is 5.75 Å². The summed E-state index contributed by atoms with van der Waals surface area (Å²) in [6.07, 6.45) is 0. The minimum absolute atomic E-state index is 0. The zero-order chi connectivity index (χ0) is 15.6. The fourth-order valence-electron chi connectivity index (χ4n) is 2.44. The number of carbonyl (C=O) groups excluding carboxylic acids is 1. The van der Waals surface area contributed by atoms with Crippen molar-refractivity contribution in [2.45, 2.75) is 20.8 Å². The molecule has 1 atom stereocenters. The van der Waals surface area contributed by atoms with Gasteiger partial charge in [0.25, 0.3) is 0 Å². The summed E-state index contributed by atoms with van der Waals surface area (Å²) in [5, 5.41) is 0. The van der Waals surface area contributed by atoms with Crippen LogP contribution in [0.15, 0.2) is 36.4 Å². The molecule has 1 unspecified atom stereocenters. The molecule has 0 aromatic heterocycles. The summed E-state index contributed by atoms with van der Waals surface area (Å²) in [6.45, 7) is 5.81. The third-order valence-corrected chi connectivity index (χ3v) is 3.56. The topological polar surface area (TPSA) is 66.4 Å². The Kier molecular flexibility index (Phi) is 6.53. The van der Waals surface area contributed by atoms with Crippen molar-refractivity contribution in [3.63, 3.8) is 0 Å². The van der Waals surface area contributed by atoms with E-state index in [-0.39, 0.29) is 30.4 Å². The smallest absolute Gasteiger partial charge is 0.558 e. The average molecular weight is 309 g/mol. The summed E-state index contributed by atoms with van der Waals surface area (Å²) < 4.78 is 15.0. The van der Waals surface area contributed by atoms with Crippen LogP contribution in [0.2, 0.25) is 0 Å². The first-order valence-electron chi connectivity index (χ1n) is 6.43. The van der Waals surface area contributed by atoms with Crippen molar-refractivity contribution < 1.29 is 37.6 Å². The van der Waals surface area contributed by atoms with Gasteiger partial charge in [-0.1, -0.05) is 17.7 Å². The molecular weight excluding hydrogens is 294 g/mol. The van der Waals surface area contributed by atoms with Crippen LogP contribution >= 0.6 is 8.25 Å². The van der Waals surface area contributed by atoms with Crippen molar-refractivity contribution in [3.8, 4) is 5.75 Å². The van der Waals surface area contributed by atoms with Gasteiger partial charge in [0, 0.05) is 11.1 Å². The van der Waals surface area contributed by atoms with E-state index in [1.54, 1.807) is 12.1 Å². The SMILES string of the molecule is Cc1cc(C)c(C(=O)c2ccc(O[P+](=O)[O-])cc2)c(C)c1.[Li+]. The summed E-state index contributed by atoms with van der Waals surface area (Å²) in [5.74, 6) is 0.114. The molecule has 0 saturated carbocycles. The monoisotopic (exact) mass is 309 g/mol. The third kappa shape index (κ3) is 4.29. The van der Waals surface area contributed by atoms with Crippen LogP contribution in [0.1, 0.15) is 32.6 Å². The van der Waals surface area contributed by atoms with E-state index in [9.17, 15) is 14.3 Å². The Labute approximate surface area is 142 Å². The zero-order valence-electron chi connectivity index (χ0n) is 13.0. The maximum absolute atomic E-state index is 12.6. The van der Waals surface area contributed by atoms with E-state index in [0.717, 1.165) is 16.7 Å². The molecule has 0 spiro atoms. The Morgan fingerprint density at radius 3 is 2.00 bits per heavy atom. The molecule has 0 N–H and O–H groups in total. The van der Waals surface area contributed by atoms with Gasteiger partial charge in [-0.2, -0.15) is 0 Å². The van der Waals surface area contributed by atoms with Crippen LogP contribution in [0.25, 0.3) is 0 Å². The van der Waals surface area contributed by atoms with Crippen molar-refractivity contribution >= 4 is 14.0 Å². The molecule has 22 heavy (non-hydrogen) atoms. The van der Waals surface area contributed by atoms with Gasteiger partial charge >= 0.3 is 27.1 Å². The van der Waals surface area contributed by atoms with E-state index in [0.29, 0.717) is 11.1 Å². The third-order valence-electron chi connectivity index (χ3n) is 3.20. The minimum atomic E-state index is -2.94. The van der Waals surface area contributed by atoms with E-state index < -0.39 is 8.25 Å². The number of carbonyl (C=O) groups is 1. The molecule has 0 fully saturated rings. The van der Waals surface area contributed by atoms with E-state index >= 15 is 0 Å². The van der Waals surface area contributed by atoms with E-state index in [4.69, 9.17) is 0 Å². The quantitative estimate of drug-likeness (QED) is 0.461. The minimum Gasteiger partial charge on any atom is -0.558 e. The van der Waals surface area contributed by atoms with Crippen LogP contribution in [-0.4, -0.2) is 5.78 Å². The summed E-state index contributed by atoms with van der Waals surface area (Å²) in [7, 11) is -2.94. The molecule has 2 aromatic rings. The summed E-state index contributed by atoms with van der Waals surface area (Å²) in [6, 6.07) is 10.0.